The number of nitrogens with zero attached hydrogens (tertiary/aromatic N) is 1. The van der Waals surface area contributed by atoms with Gasteiger partial charge in [0.2, 0.25) is 0 Å². The molecule has 0 fully saturated rings. The average molecular weight is 246 g/mol. The van der Waals surface area contributed by atoms with Crippen LogP contribution in [0.25, 0.3) is 0 Å². The fourth-order valence-corrected chi connectivity index (χ4v) is 1.76. The first-order valence-electron chi connectivity index (χ1n) is 3.77. The highest BCUT2D eigenvalue weighted by Crippen LogP contribution is 2.24. The van der Waals surface area contributed by atoms with E-state index in [-0.39, 0.29) is 11.7 Å². The maximum absolute atomic E-state index is 12.7. The molecule has 1 aromatic carbocycles. The second kappa shape index (κ2) is 4.37. The molecule has 0 amide bonds. The van der Waals surface area contributed by atoms with Crippen molar-refractivity contribution in [1.29, 1.82) is 0 Å². The van der Waals surface area contributed by atoms with E-state index in [2.05, 4.69) is 21.1 Å². The lowest BCUT2D eigenvalue weighted by atomic mass is 10.0. The lowest BCUT2D eigenvalue weighted by molar-refractivity contribution is 0.320. The third kappa shape index (κ3) is 2.52. The van der Waals surface area contributed by atoms with Crippen molar-refractivity contribution in [1.82, 2.24) is 0 Å². The van der Waals surface area contributed by atoms with Crippen LogP contribution >= 0.6 is 15.9 Å². The van der Waals surface area contributed by atoms with Gasteiger partial charge in [0.05, 0.1) is 6.21 Å². The molecule has 1 aromatic rings. The maximum atomic E-state index is 12.7. The van der Waals surface area contributed by atoms with Crippen molar-refractivity contribution in [3.05, 3.63) is 34.1 Å². The maximum Gasteiger partial charge on any atom is 0.124 e. The van der Waals surface area contributed by atoms with E-state index >= 15 is 0 Å². The predicted molar refractivity (Wildman–Crippen MR) is 52.8 cm³/mol. The van der Waals surface area contributed by atoms with Crippen molar-refractivity contribution in [2.75, 3.05) is 0 Å². The molecule has 0 saturated heterocycles. The van der Waals surface area contributed by atoms with Crippen LogP contribution in [0.2, 0.25) is 0 Å². The molecule has 0 aliphatic rings. The lowest BCUT2D eigenvalue weighted by Gasteiger charge is -2.07. The van der Waals surface area contributed by atoms with Crippen LogP contribution < -0.4 is 0 Å². The highest BCUT2D eigenvalue weighted by Gasteiger charge is 2.07. The Balaban J connectivity index is 3.01. The van der Waals surface area contributed by atoms with Crippen molar-refractivity contribution >= 4 is 22.1 Å². The third-order valence-electron chi connectivity index (χ3n) is 1.74. The molecular weight excluding hydrogens is 237 g/mol. The van der Waals surface area contributed by atoms with Crippen LogP contribution in [-0.4, -0.2) is 11.4 Å². The molecule has 4 heteroatoms. The van der Waals surface area contributed by atoms with E-state index in [4.69, 9.17) is 5.21 Å². The van der Waals surface area contributed by atoms with Gasteiger partial charge in [-0.2, -0.15) is 0 Å². The Bertz CT molecular complexity index is 327. The normalized spacial score (nSPS) is 13.5. The molecule has 1 unspecified atom stereocenters. The van der Waals surface area contributed by atoms with Crippen LogP contribution in [0.15, 0.2) is 27.8 Å². The molecule has 0 aliphatic carbocycles. The van der Waals surface area contributed by atoms with Gasteiger partial charge < -0.3 is 5.21 Å². The highest BCUT2D eigenvalue weighted by atomic mass is 79.9. The fraction of sp³-hybridized carbons (Fsp3) is 0.222. The molecule has 0 aliphatic heterocycles. The van der Waals surface area contributed by atoms with E-state index < -0.39 is 0 Å². The summed E-state index contributed by atoms with van der Waals surface area (Å²) in [4.78, 5) is 0. The summed E-state index contributed by atoms with van der Waals surface area (Å²) < 4.78 is 13.4. The lowest BCUT2D eigenvalue weighted by Crippen LogP contribution is -1.96. The van der Waals surface area contributed by atoms with E-state index in [1.807, 2.05) is 6.92 Å². The monoisotopic (exact) mass is 245 g/mol. The molecule has 0 bridgehead atoms. The molecule has 0 saturated carbocycles. The van der Waals surface area contributed by atoms with Crippen molar-refractivity contribution in [2.45, 2.75) is 12.8 Å². The van der Waals surface area contributed by atoms with Crippen molar-refractivity contribution in [3.8, 4) is 0 Å². The summed E-state index contributed by atoms with van der Waals surface area (Å²) in [5, 5.41) is 11.3. The zero-order chi connectivity index (χ0) is 9.84. The van der Waals surface area contributed by atoms with E-state index in [9.17, 15) is 4.39 Å². The minimum Gasteiger partial charge on any atom is -0.411 e. The summed E-state index contributed by atoms with van der Waals surface area (Å²) in [6, 6.07) is 4.42. The summed E-state index contributed by atoms with van der Waals surface area (Å²) in [6.07, 6.45) is 1.39. The minimum absolute atomic E-state index is 0.0417. The topological polar surface area (TPSA) is 32.6 Å². The Labute approximate surface area is 84.2 Å². The Hall–Kier alpha value is -0.900. The summed E-state index contributed by atoms with van der Waals surface area (Å²) in [7, 11) is 0. The van der Waals surface area contributed by atoms with E-state index in [0.29, 0.717) is 4.47 Å². The average Bonchev–Trinajstić information content (AvgIpc) is 2.04. The number of oxime groups is 1. The van der Waals surface area contributed by atoms with Gasteiger partial charge in [-0.15, -0.1) is 5.16 Å². The third-order valence-corrected chi connectivity index (χ3v) is 2.43. The number of halogens is 2. The molecule has 0 spiro atoms. The summed E-state index contributed by atoms with van der Waals surface area (Å²) >= 11 is 3.23. The first kappa shape index (κ1) is 10.2. The molecular formula is C9H9BrFNO. The number of benzene rings is 1. The van der Waals surface area contributed by atoms with Crippen LogP contribution in [0.3, 0.4) is 0 Å². The largest absolute Gasteiger partial charge is 0.411 e. The second-order valence-electron chi connectivity index (χ2n) is 2.72. The van der Waals surface area contributed by atoms with Gasteiger partial charge in [0.1, 0.15) is 5.82 Å². The number of rotatable bonds is 2. The van der Waals surface area contributed by atoms with Gasteiger partial charge in [-0.05, 0) is 17.7 Å². The van der Waals surface area contributed by atoms with Crippen LogP contribution in [0, 0.1) is 5.82 Å². The van der Waals surface area contributed by atoms with E-state index in [1.54, 1.807) is 6.07 Å². The van der Waals surface area contributed by atoms with Gasteiger partial charge in [0.25, 0.3) is 0 Å². The van der Waals surface area contributed by atoms with Gasteiger partial charge in [0, 0.05) is 10.4 Å². The molecule has 13 heavy (non-hydrogen) atoms. The zero-order valence-electron chi connectivity index (χ0n) is 7.04. The molecule has 0 heterocycles. The molecule has 0 aromatic heterocycles. The summed E-state index contributed by atoms with van der Waals surface area (Å²) in [5.41, 5.74) is 0.888. The SMILES string of the molecule is CC(C=NO)c1ccc(F)cc1Br. The van der Waals surface area contributed by atoms with Gasteiger partial charge in [-0.25, -0.2) is 4.39 Å². The van der Waals surface area contributed by atoms with E-state index in [1.165, 1.54) is 18.3 Å². The smallest absolute Gasteiger partial charge is 0.124 e. The summed E-state index contributed by atoms with van der Waals surface area (Å²) in [6.45, 7) is 1.86. The minimum atomic E-state index is -0.288. The van der Waals surface area contributed by atoms with Crippen LogP contribution in [0.4, 0.5) is 4.39 Å². The summed E-state index contributed by atoms with van der Waals surface area (Å²) in [5.74, 6) is -0.330. The standard InChI is InChI=1S/C9H9BrFNO/c1-6(5-12-13)8-3-2-7(11)4-9(8)10/h2-6,13H,1H3. The van der Waals surface area contributed by atoms with Crippen molar-refractivity contribution in [3.63, 3.8) is 0 Å². The zero-order valence-corrected chi connectivity index (χ0v) is 8.62. The van der Waals surface area contributed by atoms with Crippen molar-refractivity contribution in [2.24, 2.45) is 5.16 Å². The molecule has 1 rings (SSSR count). The molecule has 1 N–H and O–H groups in total. The predicted octanol–water partition coefficient (Wildman–Crippen LogP) is 3.15. The van der Waals surface area contributed by atoms with Gasteiger partial charge in [-0.1, -0.05) is 28.9 Å². The van der Waals surface area contributed by atoms with Crippen LogP contribution in [-0.2, 0) is 0 Å². The molecule has 1 atom stereocenters. The second-order valence-corrected chi connectivity index (χ2v) is 3.57. The van der Waals surface area contributed by atoms with Gasteiger partial charge in [-0.3, -0.25) is 0 Å². The Morgan fingerprint density at radius 2 is 2.31 bits per heavy atom. The number of hydrogen-bond donors (Lipinski definition) is 1. The number of hydrogen-bond acceptors (Lipinski definition) is 2. The van der Waals surface area contributed by atoms with Crippen molar-refractivity contribution < 1.29 is 9.60 Å². The Morgan fingerprint density at radius 3 is 2.85 bits per heavy atom. The first-order chi connectivity index (χ1) is 6.15. The van der Waals surface area contributed by atoms with Crippen LogP contribution in [0.1, 0.15) is 18.4 Å². The molecule has 0 radical (unpaired) electrons. The van der Waals surface area contributed by atoms with Gasteiger partial charge in [0.15, 0.2) is 0 Å². The van der Waals surface area contributed by atoms with E-state index in [0.717, 1.165) is 5.56 Å². The fourth-order valence-electron chi connectivity index (χ4n) is 1.05. The van der Waals surface area contributed by atoms with Gasteiger partial charge >= 0.3 is 0 Å². The Kier molecular flexibility index (Phi) is 3.42. The first-order valence-corrected chi connectivity index (χ1v) is 4.57. The molecule has 2 nitrogen and oxygen atoms in total. The highest BCUT2D eigenvalue weighted by molar-refractivity contribution is 9.10. The van der Waals surface area contributed by atoms with Crippen LogP contribution in [0.5, 0.6) is 0 Å². The molecule has 70 valence electrons. The quantitative estimate of drug-likeness (QED) is 0.485. The Morgan fingerprint density at radius 1 is 1.62 bits per heavy atom.